The molecule has 0 spiro atoms. The zero-order chi connectivity index (χ0) is 17.4. The number of aliphatic hydroxyl groups is 1. The minimum atomic E-state index is -4.96. The molecular weight excluding hydrogens is 310 g/mol. The highest BCUT2D eigenvalue weighted by Crippen LogP contribution is 2.44. The summed E-state index contributed by atoms with van der Waals surface area (Å²) in [5.74, 6) is 0. The predicted octanol–water partition coefficient (Wildman–Crippen LogP) is 3.88. The van der Waals surface area contributed by atoms with Gasteiger partial charge in [-0.2, -0.15) is 8.78 Å². The molecule has 1 atom stereocenters. The van der Waals surface area contributed by atoms with Gasteiger partial charge in [-0.05, 0) is 29.4 Å². The minimum absolute atomic E-state index is 0.251. The summed E-state index contributed by atoms with van der Waals surface area (Å²) in [6.07, 6.45) is -2.05. The summed E-state index contributed by atoms with van der Waals surface area (Å²) in [6, 6.07) is 6.49. The van der Waals surface area contributed by atoms with Crippen molar-refractivity contribution in [2.45, 2.75) is 57.3 Å². The zero-order valence-electron chi connectivity index (χ0n) is 13.6. The number of sulfone groups is 1. The summed E-state index contributed by atoms with van der Waals surface area (Å²) >= 11 is 0. The van der Waals surface area contributed by atoms with E-state index < -0.39 is 31.5 Å². The van der Waals surface area contributed by atoms with Gasteiger partial charge in [-0.1, -0.05) is 52.8 Å². The number of aliphatic hydroxyl groups excluding tert-OH is 1. The van der Waals surface area contributed by atoms with Gasteiger partial charge in [-0.15, -0.1) is 0 Å². The maximum Gasteiger partial charge on any atom is 0.375 e. The first-order valence-corrected chi connectivity index (χ1v) is 8.56. The molecule has 1 rings (SSSR count). The van der Waals surface area contributed by atoms with Crippen molar-refractivity contribution in [1.29, 1.82) is 0 Å². The van der Waals surface area contributed by atoms with Crippen LogP contribution in [0.15, 0.2) is 35.2 Å². The molecular formula is C16H24F2O3S. The van der Waals surface area contributed by atoms with Crippen LogP contribution in [0.25, 0.3) is 0 Å². The van der Waals surface area contributed by atoms with Gasteiger partial charge < -0.3 is 5.11 Å². The third-order valence-electron chi connectivity index (χ3n) is 3.46. The fourth-order valence-corrected chi connectivity index (χ4v) is 4.26. The maximum absolute atomic E-state index is 14.5. The first-order chi connectivity index (χ1) is 9.72. The monoisotopic (exact) mass is 334 g/mol. The lowest BCUT2D eigenvalue weighted by Crippen LogP contribution is -2.50. The summed E-state index contributed by atoms with van der Waals surface area (Å²) in [4.78, 5) is -0.495. The van der Waals surface area contributed by atoms with E-state index in [0.717, 1.165) is 12.1 Å². The van der Waals surface area contributed by atoms with Gasteiger partial charge in [-0.3, -0.25) is 0 Å². The number of hydrogen-bond acceptors (Lipinski definition) is 3. The van der Waals surface area contributed by atoms with Crippen molar-refractivity contribution < 1.29 is 22.3 Å². The van der Waals surface area contributed by atoms with E-state index >= 15 is 0 Å². The lowest BCUT2D eigenvalue weighted by molar-refractivity contribution is -0.109. The Hall–Kier alpha value is -1.01. The van der Waals surface area contributed by atoms with Crippen LogP contribution in [-0.4, -0.2) is 24.9 Å². The predicted molar refractivity (Wildman–Crippen MR) is 82.4 cm³/mol. The van der Waals surface area contributed by atoms with Gasteiger partial charge >= 0.3 is 5.25 Å². The molecule has 1 N–H and O–H groups in total. The van der Waals surface area contributed by atoms with Gasteiger partial charge in [0.2, 0.25) is 9.84 Å². The fourth-order valence-electron chi connectivity index (χ4n) is 2.82. The lowest BCUT2D eigenvalue weighted by Gasteiger charge is -2.39. The SMILES string of the molecule is CC(C)(C)CC(C)(C)C(O)C(F)(F)S(=O)(=O)c1ccccc1. The van der Waals surface area contributed by atoms with E-state index in [1.807, 2.05) is 20.8 Å². The van der Waals surface area contributed by atoms with E-state index in [9.17, 15) is 22.3 Å². The number of alkyl halides is 2. The largest absolute Gasteiger partial charge is 0.385 e. The van der Waals surface area contributed by atoms with Gasteiger partial charge in [0.15, 0.2) is 0 Å². The van der Waals surface area contributed by atoms with Crippen LogP contribution in [-0.2, 0) is 9.84 Å². The standard InChI is InChI=1S/C16H24F2O3S/c1-14(2,3)11-15(4,5)13(19)16(17,18)22(20,21)12-9-7-6-8-10-12/h6-10,13,19H,11H2,1-5H3. The Labute approximate surface area is 131 Å². The Bertz CT molecular complexity index is 602. The second-order valence-electron chi connectivity index (χ2n) is 7.51. The Kier molecular flexibility index (Phi) is 5.10. The third-order valence-corrected chi connectivity index (χ3v) is 5.29. The van der Waals surface area contributed by atoms with Crippen molar-refractivity contribution in [3.63, 3.8) is 0 Å². The van der Waals surface area contributed by atoms with E-state index in [1.54, 1.807) is 0 Å². The van der Waals surface area contributed by atoms with Crippen LogP contribution in [0.3, 0.4) is 0 Å². The Balaban J connectivity index is 3.23. The van der Waals surface area contributed by atoms with Gasteiger partial charge in [-0.25, -0.2) is 8.42 Å². The van der Waals surface area contributed by atoms with E-state index in [0.29, 0.717) is 0 Å². The average Bonchev–Trinajstić information content (AvgIpc) is 2.35. The highest BCUT2D eigenvalue weighted by atomic mass is 32.2. The van der Waals surface area contributed by atoms with E-state index in [-0.39, 0.29) is 11.8 Å². The van der Waals surface area contributed by atoms with E-state index in [2.05, 4.69) is 0 Å². The van der Waals surface area contributed by atoms with Crippen LogP contribution < -0.4 is 0 Å². The van der Waals surface area contributed by atoms with Crippen LogP contribution in [0.1, 0.15) is 41.0 Å². The summed E-state index contributed by atoms with van der Waals surface area (Å²) in [7, 11) is -4.96. The van der Waals surface area contributed by atoms with Gasteiger partial charge in [0.1, 0.15) is 6.10 Å². The topological polar surface area (TPSA) is 54.4 Å². The average molecular weight is 334 g/mol. The van der Waals surface area contributed by atoms with Crippen molar-refractivity contribution in [2.75, 3.05) is 0 Å². The van der Waals surface area contributed by atoms with Gasteiger partial charge in [0, 0.05) is 0 Å². The first kappa shape index (κ1) is 19.0. The Morgan fingerprint density at radius 3 is 1.91 bits per heavy atom. The number of halogens is 2. The molecule has 0 radical (unpaired) electrons. The van der Waals surface area contributed by atoms with Crippen molar-refractivity contribution in [1.82, 2.24) is 0 Å². The van der Waals surface area contributed by atoms with Crippen molar-refractivity contribution >= 4 is 9.84 Å². The fraction of sp³-hybridized carbons (Fsp3) is 0.625. The summed E-state index contributed by atoms with van der Waals surface area (Å²) in [5.41, 5.74) is -1.58. The van der Waals surface area contributed by atoms with Gasteiger partial charge in [0.05, 0.1) is 4.90 Å². The van der Waals surface area contributed by atoms with Crippen LogP contribution in [0.2, 0.25) is 0 Å². The molecule has 3 nitrogen and oxygen atoms in total. The molecule has 0 aromatic heterocycles. The Morgan fingerprint density at radius 1 is 1.05 bits per heavy atom. The summed E-state index contributed by atoms with van der Waals surface area (Å²) in [5, 5.41) is 5.88. The highest BCUT2D eigenvalue weighted by molar-refractivity contribution is 7.92. The molecule has 6 heteroatoms. The lowest BCUT2D eigenvalue weighted by atomic mass is 9.73. The molecule has 0 aliphatic carbocycles. The van der Waals surface area contributed by atoms with Crippen molar-refractivity contribution in [3.8, 4) is 0 Å². The van der Waals surface area contributed by atoms with Crippen LogP contribution in [0.5, 0.6) is 0 Å². The normalized spacial score (nSPS) is 15.6. The van der Waals surface area contributed by atoms with Crippen LogP contribution >= 0.6 is 0 Å². The van der Waals surface area contributed by atoms with E-state index in [4.69, 9.17) is 0 Å². The maximum atomic E-state index is 14.5. The smallest absolute Gasteiger partial charge is 0.375 e. The molecule has 0 amide bonds. The number of hydrogen-bond donors (Lipinski definition) is 1. The van der Waals surface area contributed by atoms with Gasteiger partial charge in [0.25, 0.3) is 0 Å². The second-order valence-corrected chi connectivity index (χ2v) is 9.53. The summed E-state index contributed by atoms with van der Waals surface area (Å²) < 4.78 is 53.4. The second kappa shape index (κ2) is 5.89. The molecule has 1 aromatic carbocycles. The third kappa shape index (κ3) is 3.84. The molecule has 1 aromatic rings. The summed E-state index contributed by atoms with van der Waals surface area (Å²) in [6.45, 7) is 8.47. The van der Waals surface area contributed by atoms with Crippen LogP contribution in [0, 0.1) is 10.8 Å². The first-order valence-electron chi connectivity index (χ1n) is 7.07. The van der Waals surface area contributed by atoms with Crippen molar-refractivity contribution in [2.24, 2.45) is 10.8 Å². The molecule has 0 saturated heterocycles. The molecule has 0 bridgehead atoms. The zero-order valence-corrected chi connectivity index (χ0v) is 14.4. The van der Waals surface area contributed by atoms with Crippen LogP contribution in [0.4, 0.5) is 8.78 Å². The number of benzene rings is 1. The molecule has 0 heterocycles. The molecule has 22 heavy (non-hydrogen) atoms. The van der Waals surface area contributed by atoms with E-state index in [1.165, 1.54) is 32.0 Å². The minimum Gasteiger partial charge on any atom is -0.385 e. The Morgan fingerprint density at radius 2 is 1.50 bits per heavy atom. The molecule has 0 aliphatic heterocycles. The molecule has 0 aliphatic rings. The molecule has 0 fully saturated rings. The molecule has 126 valence electrons. The molecule has 0 saturated carbocycles. The molecule has 1 unspecified atom stereocenters. The van der Waals surface area contributed by atoms with Crippen molar-refractivity contribution in [3.05, 3.63) is 30.3 Å². The quantitative estimate of drug-likeness (QED) is 0.889. The highest BCUT2D eigenvalue weighted by Gasteiger charge is 2.57. The number of rotatable bonds is 5.